The third kappa shape index (κ3) is 3.19. The minimum Gasteiger partial charge on any atom is -0.493 e. The highest BCUT2D eigenvalue weighted by Gasteiger charge is 2.23. The molecule has 0 unspecified atom stereocenters. The molecule has 0 spiro atoms. The molecule has 0 N–H and O–H groups in total. The molecule has 0 atom stereocenters. The molecule has 2 aromatic carbocycles. The lowest BCUT2D eigenvalue weighted by Gasteiger charge is -2.21. The van der Waals surface area contributed by atoms with Crippen LogP contribution in [0.15, 0.2) is 36.4 Å². The van der Waals surface area contributed by atoms with Crippen LogP contribution < -0.4 is 14.2 Å². The van der Waals surface area contributed by atoms with Crippen molar-refractivity contribution < 1.29 is 32.5 Å². The highest BCUT2D eigenvalue weighted by molar-refractivity contribution is 5.91. The first-order chi connectivity index (χ1) is 13.6. The summed E-state index contributed by atoms with van der Waals surface area (Å²) in [6, 6.07) is 9.40. The first-order valence-electron chi connectivity index (χ1n) is 8.47. The summed E-state index contributed by atoms with van der Waals surface area (Å²) in [7, 11) is 1.44. The standard InChI is InChI=1S/C19H16F2N2O5/c1-25-14-8-11(9-15-17(14)27-7-6-26-15)18(24)28-10-16-22-12-4-2-3-5-13(12)23(16)19(20)21/h2-5,8-9,19H,6-7,10H2,1H3. The molecule has 1 aliphatic rings. The summed E-state index contributed by atoms with van der Waals surface area (Å²) in [6.07, 6.45) is 0. The predicted molar refractivity (Wildman–Crippen MR) is 94.1 cm³/mol. The maximum Gasteiger partial charge on any atom is 0.338 e. The zero-order valence-corrected chi connectivity index (χ0v) is 14.9. The fourth-order valence-electron chi connectivity index (χ4n) is 3.02. The van der Waals surface area contributed by atoms with Crippen LogP contribution in [0, 0.1) is 0 Å². The number of imidazole rings is 1. The number of aromatic nitrogens is 2. The predicted octanol–water partition coefficient (Wildman–Crippen LogP) is 3.57. The topological polar surface area (TPSA) is 71.8 Å². The van der Waals surface area contributed by atoms with Crippen LogP contribution in [0.2, 0.25) is 0 Å². The normalized spacial score (nSPS) is 13.0. The van der Waals surface area contributed by atoms with E-state index in [0.29, 0.717) is 36.0 Å². The average molecular weight is 390 g/mol. The number of para-hydroxylation sites is 2. The Morgan fingerprint density at radius 2 is 2.04 bits per heavy atom. The van der Waals surface area contributed by atoms with Crippen LogP contribution in [0.5, 0.6) is 17.2 Å². The molecular weight excluding hydrogens is 374 g/mol. The van der Waals surface area contributed by atoms with Gasteiger partial charge >= 0.3 is 12.5 Å². The summed E-state index contributed by atoms with van der Waals surface area (Å²) in [6.45, 7) is -2.51. The van der Waals surface area contributed by atoms with E-state index in [4.69, 9.17) is 18.9 Å². The third-order valence-electron chi connectivity index (χ3n) is 4.26. The van der Waals surface area contributed by atoms with Crippen molar-refractivity contribution in [1.29, 1.82) is 0 Å². The number of carbonyl (C=O) groups is 1. The van der Waals surface area contributed by atoms with Crippen molar-refractivity contribution in [2.24, 2.45) is 0 Å². The van der Waals surface area contributed by atoms with Crippen LogP contribution in [0.4, 0.5) is 8.78 Å². The molecular formula is C19H16F2N2O5. The van der Waals surface area contributed by atoms with Crippen molar-refractivity contribution in [3.05, 3.63) is 47.8 Å². The summed E-state index contributed by atoms with van der Waals surface area (Å²) < 4.78 is 49.1. The molecule has 0 aliphatic carbocycles. The van der Waals surface area contributed by atoms with Gasteiger partial charge in [-0.2, -0.15) is 8.78 Å². The summed E-state index contributed by atoms with van der Waals surface area (Å²) in [4.78, 5) is 16.6. The molecule has 0 fully saturated rings. The van der Waals surface area contributed by atoms with E-state index in [-0.39, 0.29) is 16.9 Å². The van der Waals surface area contributed by atoms with Gasteiger partial charge in [0.2, 0.25) is 5.75 Å². The van der Waals surface area contributed by atoms with Gasteiger partial charge in [0, 0.05) is 0 Å². The first kappa shape index (κ1) is 18.0. The zero-order valence-electron chi connectivity index (χ0n) is 14.9. The minimum atomic E-state index is -2.81. The number of esters is 1. The molecule has 3 aromatic rings. The number of halogens is 2. The molecule has 0 radical (unpaired) electrons. The molecule has 7 nitrogen and oxygen atoms in total. The second kappa shape index (κ2) is 7.34. The molecule has 0 amide bonds. The Morgan fingerprint density at radius 3 is 2.82 bits per heavy atom. The van der Waals surface area contributed by atoms with Gasteiger partial charge in [-0.15, -0.1) is 0 Å². The lowest BCUT2D eigenvalue weighted by Crippen LogP contribution is -2.17. The molecule has 4 rings (SSSR count). The highest BCUT2D eigenvalue weighted by Crippen LogP contribution is 2.40. The number of hydrogen-bond acceptors (Lipinski definition) is 6. The monoisotopic (exact) mass is 390 g/mol. The summed E-state index contributed by atoms with van der Waals surface area (Å²) >= 11 is 0. The summed E-state index contributed by atoms with van der Waals surface area (Å²) in [5.74, 6) is 0.323. The number of carbonyl (C=O) groups excluding carboxylic acids is 1. The maximum atomic E-state index is 13.5. The SMILES string of the molecule is COc1cc(C(=O)OCc2nc3ccccc3n2C(F)F)cc2c1OCCO2. The molecule has 9 heteroatoms. The summed E-state index contributed by atoms with van der Waals surface area (Å²) in [5.41, 5.74) is 0.820. The van der Waals surface area contributed by atoms with E-state index in [1.807, 2.05) is 0 Å². The average Bonchev–Trinajstić information content (AvgIpc) is 3.09. The first-order valence-corrected chi connectivity index (χ1v) is 8.47. The molecule has 2 heterocycles. The van der Waals surface area contributed by atoms with Crippen LogP contribution in [0.3, 0.4) is 0 Å². The molecule has 28 heavy (non-hydrogen) atoms. The third-order valence-corrected chi connectivity index (χ3v) is 4.26. The van der Waals surface area contributed by atoms with Crippen LogP contribution in [-0.2, 0) is 11.3 Å². The second-order valence-electron chi connectivity index (χ2n) is 5.94. The zero-order chi connectivity index (χ0) is 19.7. The van der Waals surface area contributed by atoms with Gasteiger partial charge in [-0.05, 0) is 24.3 Å². The van der Waals surface area contributed by atoms with E-state index in [0.717, 1.165) is 4.57 Å². The fourth-order valence-corrected chi connectivity index (χ4v) is 3.02. The molecule has 0 saturated carbocycles. The lowest BCUT2D eigenvalue weighted by molar-refractivity contribution is 0.0386. The second-order valence-corrected chi connectivity index (χ2v) is 5.94. The van der Waals surface area contributed by atoms with E-state index in [1.54, 1.807) is 18.2 Å². The molecule has 1 aromatic heterocycles. The van der Waals surface area contributed by atoms with Gasteiger partial charge in [-0.3, -0.25) is 4.57 Å². The van der Waals surface area contributed by atoms with Gasteiger partial charge in [-0.25, -0.2) is 9.78 Å². The molecule has 146 valence electrons. The van der Waals surface area contributed by atoms with E-state index in [2.05, 4.69) is 4.98 Å². The molecule has 0 bridgehead atoms. The Balaban J connectivity index is 1.58. The number of alkyl halides is 2. The number of methoxy groups -OCH3 is 1. The Hall–Kier alpha value is -3.36. The number of fused-ring (bicyclic) bond motifs is 2. The van der Waals surface area contributed by atoms with Gasteiger partial charge in [-0.1, -0.05) is 12.1 Å². The van der Waals surface area contributed by atoms with Crippen molar-refractivity contribution >= 4 is 17.0 Å². The van der Waals surface area contributed by atoms with Crippen molar-refractivity contribution in [3.63, 3.8) is 0 Å². The van der Waals surface area contributed by atoms with Gasteiger partial charge in [0.25, 0.3) is 0 Å². The fraction of sp³-hybridized carbons (Fsp3) is 0.263. The number of hydrogen-bond donors (Lipinski definition) is 0. The van der Waals surface area contributed by atoms with Gasteiger partial charge < -0.3 is 18.9 Å². The number of ether oxygens (including phenoxy) is 4. The van der Waals surface area contributed by atoms with Crippen LogP contribution in [0.1, 0.15) is 22.7 Å². The molecule has 1 aliphatic heterocycles. The molecule has 0 saturated heterocycles. The quantitative estimate of drug-likeness (QED) is 0.621. The number of benzene rings is 2. The number of nitrogens with zero attached hydrogens (tertiary/aromatic N) is 2. The maximum absolute atomic E-state index is 13.5. The van der Waals surface area contributed by atoms with Crippen molar-refractivity contribution in [1.82, 2.24) is 9.55 Å². The largest absolute Gasteiger partial charge is 0.493 e. The number of rotatable bonds is 5. The van der Waals surface area contributed by atoms with Crippen LogP contribution in [0.25, 0.3) is 11.0 Å². The van der Waals surface area contributed by atoms with Crippen molar-refractivity contribution in [3.8, 4) is 17.2 Å². The van der Waals surface area contributed by atoms with E-state index in [1.165, 1.54) is 25.3 Å². The Labute approximate surface area is 158 Å². The van der Waals surface area contributed by atoms with Gasteiger partial charge in [0.15, 0.2) is 17.3 Å². The minimum absolute atomic E-state index is 0.0472. The van der Waals surface area contributed by atoms with Gasteiger partial charge in [0.05, 0.1) is 23.7 Å². The van der Waals surface area contributed by atoms with Crippen LogP contribution in [-0.4, -0.2) is 35.8 Å². The van der Waals surface area contributed by atoms with E-state index < -0.39 is 19.1 Å². The van der Waals surface area contributed by atoms with E-state index in [9.17, 15) is 13.6 Å². The lowest BCUT2D eigenvalue weighted by atomic mass is 10.1. The van der Waals surface area contributed by atoms with E-state index >= 15 is 0 Å². The van der Waals surface area contributed by atoms with Crippen molar-refractivity contribution in [2.45, 2.75) is 13.2 Å². The highest BCUT2D eigenvalue weighted by atomic mass is 19.3. The Kier molecular flexibility index (Phi) is 4.72. The smallest absolute Gasteiger partial charge is 0.338 e. The van der Waals surface area contributed by atoms with Crippen molar-refractivity contribution in [2.75, 3.05) is 20.3 Å². The van der Waals surface area contributed by atoms with Crippen LogP contribution >= 0.6 is 0 Å². The van der Waals surface area contributed by atoms with Gasteiger partial charge in [0.1, 0.15) is 19.8 Å². The Bertz CT molecular complexity index is 1020. The Morgan fingerprint density at radius 1 is 1.25 bits per heavy atom. The summed E-state index contributed by atoms with van der Waals surface area (Å²) in [5, 5.41) is 0.